The highest BCUT2D eigenvalue weighted by Crippen LogP contribution is 2.21. The quantitative estimate of drug-likeness (QED) is 0.629. The minimum atomic E-state index is -0.432. The van der Waals surface area contributed by atoms with E-state index < -0.39 is 5.91 Å². The average Bonchev–Trinajstić information content (AvgIpc) is 3.02. The third-order valence-corrected chi connectivity index (χ3v) is 4.32. The van der Waals surface area contributed by atoms with Gasteiger partial charge in [0.15, 0.2) is 6.61 Å². The number of nitrogens with zero attached hydrogens (tertiary/aromatic N) is 1. The number of para-hydroxylation sites is 1. The van der Waals surface area contributed by atoms with Crippen LogP contribution in [0, 0.1) is 6.92 Å². The van der Waals surface area contributed by atoms with Crippen molar-refractivity contribution in [1.29, 1.82) is 0 Å². The van der Waals surface area contributed by atoms with Gasteiger partial charge in [0, 0.05) is 16.2 Å². The van der Waals surface area contributed by atoms with Crippen molar-refractivity contribution in [2.75, 3.05) is 6.61 Å². The molecule has 2 aromatic carbocycles. The second-order valence-electron chi connectivity index (χ2n) is 5.80. The van der Waals surface area contributed by atoms with E-state index in [4.69, 9.17) is 4.74 Å². The number of carbonyl (C=O) groups is 2. The lowest BCUT2D eigenvalue weighted by Crippen LogP contribution is -2.45. The number of hydrazine groups is 1. The summed E-state index contributed by atoms with van der Waals surface area (Å²) in [6.07, 6.45) is 1.84. The van der Waals surface area contributed by atoms with E-state index in [1.54, 1.807) is 6.07 Å². The molecule has 0 fully saturated rings. The van der Waals surface area contributed by atoms with Gasteiger partial charge in [-0.25, -0.2) is 0 Å². The molecule has 0 unspecified atom stereocenters. The molecule has 3 aromatic rings. The summed E-state index contributed by atoms with van der Waals surface area (Å²) >= 11 is 3.37. The third kappa shape index (κ3) is 4.43. The number of aromatic nitrogens is 1. The lowest BCUT2D eigenvalue weighted by molar-refractivity contribution is -0.130. The number of nitrogens with one attached hydrogen (secondary N) is 2. The number of halogens is 1. The van der Waals surface area contributed by atoms with E-state index in [1.165, 1.54) is 0 Å². The highest BCUT2D eigenvalue weighted by molar-refractivity contribution is 9.10. The minimum Gasteiger partial charge on any atom is -0.483 e. The summed E-state index contributed by atoms with van der Waals surface area (Å²) in [5.74, 6) is -0.133. The summed E-state index contributed by atoms with van der Waals surface area (Å²) in [7, 11) is 0. The molecule has 0 aliphatic carbocycles. The molecule has 2 N–H and O–H groups in total. The maximum Gasteiger partial charge on any atom is 0.276 e. The Bertz CT molecular complexity index is 952. The Morgan fingerprint density at radius 2 is 1.85 bits per heavy atom. The van der Waals surface area contributed by atoms with Crippen LogP contribution in [0.25, 0.3) is 10.9 Å². The van der Waals surface area contributed by atoms with Crippen molar-refractivity contribution in [2.24, 2.45) is 0 Å². The van der Waals surface area contributed by atoms with Crippen molar-refractivity contribution < 1.29 is 14.3 Å². The van der Waals surface area contributed by atoms with Crippen LogP contribution in [-0.2, 0) is 16.1 Å². The van der Waals surface area contributed by atoms with Crippen LogP contribution < -0.4 is 15.6 Å². The molecule has 7 heteroatoms. The highest BCUT2D eigenvalue weighted by Gasteiger charge is 2.09. The van der Waals surface area contributed by atoms with E-state index in [0.29, 0.717) is 5.75 Å². The molecule has 0 bridgehead atoms. The van der Waals surface area contributed by atoms with Gasteiger partial charge in [0.05, 0.1) is 0 Å². The van der Waals surface area contributed by atoms with E-state index in [2.05, 4.69) is 26.8 Å². The minimum absolute atomic E-state index is 0.112. The first-order chi connectivity index (χ1) is 12.5. The van der Waals surface area contributed by atoms with Crippen molar-refractivity contribution in [3.8, 4) is 5.75 Å². The Balaban J connectivity index is 1.47. The number of rotatable bonds is 5. The van der Waals surface area contributed by atoms with Gasteiger partial charge in [-0.15, -0.1) is 0 Å². The van der Waals surface area contributed by atoms with Crippen molar-refractivity contribution >= 4 is 38.6 Å². The van der Waals surface area contributed by atoms with Gasteiger partial charge >= 0.3 is 0 Å². The van der Waals surface area contributed by atoms with Gasteiger partial charge in [-0.3, -0.25) is 20.4 Å². The van der Waals surface area contributed by atoms with E-state index in [-0.39, 0.29) is 19.1 Å². The molecule has 0 spiro atoms. The van der Waals surface area contributed by atoms with E-state index in [1.807, 2.05) is 60.2 Å². The molecular formula is C19H18BrN3O3. The number of hydrogen-bond donors (Lipinski definition) is 2. The van der Waals surface area contributed by atoms with Crippen molar-refractivity contribution in [1.82, 2.24) is 15.4 Å². The molecular weight excluding hydrogens is 398 g/mol. The zero-order chi connectivity index (χ0) is 18.5. The Labute approximate surface area is 159 Å². The van der Waals surface area contributed by atoms with Crippen LogP contribution in [0.15, 0.2) is 59.2 Å². The Morgan fingerprint density at radius 3 is 2.65 bits per heavy atom. The fraction of sp³-hybridized carbons (Fsp3) is 0.158. The number of hydrogen-bond acceptors (Lipinski definition) is 3. The first kappa shape index (κ1) is 18.0. The van der Waals surface area contributed by atoms with Crippen LogP contribution in [0.1, 0.15) is 5.56 Å². The number of benzene rings is 2. The second-order valence-corrected chi connectivity index (χ2v) is 6.71. The van der Waals surface area contributed by atoms with Crippen LogP contribution in [0.3, 0.4) is 0 Å². The summed E-state index contributed by atoms with van der Waals surface area (Å²) < 4.78 is 8.22. The molecule has 0 saturated heterocycles. The molecule has 134 valence electrons. The van der Waals surface area contributed by atoms with E-state index in [0.717, 1.165) is 20.9 Å². The summed E-state index contributed by atoms with van der Waals surface area (Å²) in [4.78, 5) is 23.9. The molecule has 0 atom stereocenters. The van der Waals surface area contributed by atoms with Gasteiger partial charge in [-0.2, -0.15) is 0 Å². The molecule has 6 nitrogen and oxygen atoms in total. The lowest BCUT2D eigenvalue weighted by Gasteiger charge is -2.11. The van der Waals surface area contributed by atoms with E-state index in [9.17, 15) is 9.59 Å². The van der Waals surface area contributed by atoms with Crippen LogP contribution in [-0.4, -0.2) is 23.0 Å². The molecule has 1 aromatic heterocycles. The third-order valence-electron chi connectivity index (χ3n) is 3.83. The highest BCUT2D eigenvalue weighted by atomic mass is 79.9. The smallest absolute Gasteiger partial charge is 0.276 e. The van der Waals surface area contributed by atoms with Gasteiger partial charge in [0.2, 0.25) is 0 Å². The first-order valence-electron chi connectivity index (χ1n) is 8.03. The number of carbonyl (C=O) groups excluding carboxylic acids is 2. The summed E-state index contributed by atoms with van der Waals surface area (Å²) in [6, 6.07) is 15.2. The number of ether oxygens (including phenoxy) is 1. The molecule has 0 aliphatic rings. The van der Waals surface area contributed by atoms with Crippen LogP contribution in [0.4, 0.5) is 0 Å². The maximum absolute atomic E-state index is 12.0. The fourth-order valence-corrected chi connectivity index (χ4v) is 3.04. The van der Waals surface area contributed by atoms with Gasteiger partial charge in [-0.1, -0.05) is 34.1 Å². The van der Waals surface area contributed by atoms with Crippen molar-refractivity contribution in [3.63, 3.8) is 0 Å². The Hall–Kier alpha value is -2.80. The predicted octanol–water partition coefficient (Wildman–Crippen LogP) is 2.94. The Morgan fingerprint density at radius 1 is 1.08 bits per heavy atom. The van der Waals surface area contributed by atoms with Gasteiger partial charge < -0.3 is 9.30 Å². The molecule has 26 heavy (non-hydrogen) atoms. The number of fused-ring (bicyclic) bond motifs is 1. The lowest BCUT2D eigenvalue weighted by atomic mass is 10.2. The largest absolute Gasteiger partial charge is 0.483 e. The first-order valence-corrected chi connectivity index (χ1v) is 8.83. The normalized spacial score (nSPS) is 10.5. The molecule has 0 saturated carbocycles. The SMILES string of the molecule is Cc1cc(Br)ccc1OCC(=O)NNC(=O)Cn1ccc2ccccc21. The predicted molar refractivity (Wildman–Crippen MR) is 103 cm³/mol. The van der Waals surface area contributed by atoms with Crippen molar-refractivity contribution in [2.45, 2.75) is 13.5 Å². The fourth-order valence-electron chi connectivity index (χ4n) is 2.57. The Kier molecular flexibility index (Phi) is 5.58. The monoisotopic (exact) mass is 415 g/mol. The zero-order valence-electron chi connectivity index (χ0n) is 14.2. The van der Waals surface area contributed by atoms with Crippen LogP contribution in [0.5, 0.6) is 5.75 Å². The molecule has 3 rings (SSSR count). The second kappa shape index (κ2) is 8.05. The van der Waals surface area contributed by atoms with Crippen LogP contribution in [0.2, 0.25) is 0 Å². The summed E-state index contributed by atoms with van der Waals surface area (Å²) in [5, 5.41) is 1.06. The van der Waals surface area contributed by atoms with Gasteiger partial charge in [0.1, 0.15) is 12.3 Å². The molecule has 0 radical (unpaired) electrons. The number of aryl methyl sites for hydroxylation is 1. The molecule has 1 heterocycles. The zero-order valence-corrected chi connectivity index (χ0v) is 15.7. The van der Waals surface area contributed by atoms with Gasteiger partial charge in [0.25, 0.3) is 11.8 Å². The van der Waals surface area contributed by atoms with Gasteiger partial charge in [-0.05, 0) is 48.2 Å². The van der Waals surface area contributed by atoms with Crippen LogP contribution >= 0.6 is 15.9 Å². The van der Waals surface area contributed by atoms with E-state index >= 15 is 0 Å². The van der Waals surface area contributed by atoms with Crippen molar-refractivity contribution in [3.05, 3.63) is 64.8 Å². The molecule has 0 aliphatic heterocycles. The topological polar surface area (TPSA) is 72.4 Å². The standard InChI is InChI=1S/C19H18BrN3O3/c1-13-10-15(20)6-7-17(13)26-12-19(25)22-21-18(24)11-23-9-8-14-4-2-3-5-16(14)23/h2-10H,11-12H2,1H3,(H,21,24)(H,22,25). The average molecular weight is 416 g/mol. The summed E-state index contributed by atoms with van der Waals surface area (Å²) in [6.45, 7) is 1.82. The molecule has 2 amide bonds. The maximum atomic E-state index is 12.0. The number of amides is 2. The summed E-state index contributed by atoms with van der Waals surface area (Å²) in [5.41, 5.74) is 6.63.